The van der Waals surface area contributed by atoms with Crippen LogP contribution in [0, 0.1) is 5.92 Å². The average molecular weight is 210 g/mol. The fraction of sp³-hybridized carbons (Fsp3) is 0.364. The molecule has 1 aliphatic heterocycles. The quantitative estimate of drug-likeness (QED) is 0.650. The van der Waals surface area contributed by atoms with Crippen molar-refractivity contribution in [3.05, 3.63) is 30.3 Å². The highest BCUT2D eigenvalue weighted by Gasteiger charge is 2.36. The molecule has 1 fully saturated rings. The summed E-state index contributed by atoms with van der Waals surface area (Å²) in [6.45, 7) is 2.72. The first-order valence-corrected chi connectivity index (χ1v) is 5.14. The summed E-state index contributed by atoms with van der Waals surface area (Å²) < 4.78 is 0. The van der Waals surface area contributed by atoms with Crippen LogP contribution in [0.5, 0.6) is 0 Å². The molecular formula is C11H12ClNO. The molecule has 1 aromatic carbocycles. The molecule has 0 aliphatic carbocycles. The third-order valence-corrected chi connectivity index (χ3v) is 3.16. The van der Waals surface area contributed by atoms with Crippen LogP contribution >= 0.6 is 11.6 Å². The molecule has 1 aromatic rings. The summed E-state index contributed by atoms with van der Waals surface area (Å²) in [5.74, 6) is 0.245. The van der Waals surface area contributed by atoms with E-state index >= 15 is 0 Å². The Hall–Kier alpha value is -1.02. The van der Waals surface area contributed by atoms with Gasteiger partial charge >= 0.3 is 0 Å². The molecule has 0 N–H and O–H groups in total. The van der Waals surface area contributed by atoms with Gasteiger partial charge in [0.1, 0.15) is 5.38 Å². The second kappa shape index (κ2) is 3.62. The zero-order valence-corrected chi connectivity index (χ0v) is 8.74. The second-order valence-corrected chi connectivity index (χ2v) is 4.13. The molecule has 0 aromatic heterocycles. The topological polar surface area (TPSA) is 20.3 Å². The maximum atomic E-state index is 11.7. The Balaban J connectivity index is 2.26. The average Bonchev–Trinajstić information content (AvgIpc) is 2.47. The monoisotopic (exact) mass is 209 g/mol. The molecule has 1 saturated heterocycles. The third kappa shape index (κ3) is 1.50. The first kappa shape index (κ1) is 9.53. The highest BCUT2D eigenvalue weighted by Crippen LogP contribution is 2.27. The Morgan fingerprint density at radius 1 is 1.36 bits per heavy atom. The fourth-order valence-corrected chi connectivity index (χ4v) is 1.90. The summed E-state index contributed by atoms with van der Waals surface area (Å²) in [5, 5.41) is -0.366. The van der Waals surface area contributed by atoms with Gasteiger partial charge in [0.05, 0.1) is 0 Å². The van der Waals surface area contributed by atoms with Crippen molar-refractivity contribution in [3.8, 4) is 0 Å². The molecule has 1 heterocycles. The lowest BCUT2D eigenvalue weighted by Crippen LogP contribution is -2.26. The van der Waals surface area contributed by atoms with Crippen LogP contribution in [-0.2, 0) is 4.79 Å². The highest BCUT2D eigenvalue weighted by molar-refractivity contribution is 6.34. The molecule has 1 amide bonds. The standard InChI is InChI=1S/C11H12ClNO/c1-8-7-13(11(14)10(8)12)9-5-3-2-4-6-9/h2-6,8,10H,7H2,1H3/t8-,10+/m0/s1. The van der Waals surface area contributed by atoms with E-state index in [-0.39, 0.29) is 17.2 Å². The number of anilines is 1. The number of halogens is 1. The molecule has 1 aliphatic rings. The van der Waals surface area contributed by atoms with Crippen molar-refractivity contribution in [3.63, 3.8) is 0 Å². The molecule has 2 atom stereocenters. The third-order valence-electron chi connectivity index (χ3n) is 2.54. The molecular weight excluding hydrogens is 198 g/mol. The summed E-state index contributed by atoms with van der Waals surface area (Å²) >= 11 is 5.97. The van der Waals surface area contributed by atoms with Crippen molar-refractivity contribution in [2.75, 3.05) is 11.4 Å². The van der Waals surface area contributed by atoms with Gasteiger partial charge in [0.2, 0.25) is 5.91 Å². The van der Waals surface area contributed by atoms with E-state index in [1.165, 1.54) is 0 Å². The Morgan fingerprint density at radius 2 is 2.00 bits per heavy atom. The van der Waals surface area contributed by atoms with E-state index in [4.69, 9.17) is 11.6 Å². The van der Waals surface area contributed by atoms with E-state index in [9.17, 15) is 4.79 Å². The lowest BCUT2D eigenvalue weighted by molar-refractivity contribution is -0.117. The molecule has 2 nitrogen and oxygen atoms in total. The number of para-hydroxylation sites is 1. The van der Waals surface area contributed by atoms with Gasteiger partial charge in [0.25, 0.3) is 0 Å². The summed E-state index contributed by atoms with van der Waals surface area (Å²) in [6, 6.07) is 9.65. The number of hydrogen-bond acceptors (Lipinski definition) is 1. The molecule has 0 radical (unpaired) electrons. The highest BCUT2D eigenvalue weighted by atomic mass is 35.5. The van der Waals surface area contributed by atoms with E-state index in [2.05, 4.69) is 0 Å². The van der Waals surface area contributed by atoms with E-state index in [0.29, 0.717) is 0 Å². The molecule has 0 spiro atoms. The number of carbonyl (C=O) groups is 1. The molecule has 0 unspecified atom stereocenters. The van der Waals surface area contributed by atoms with Crippen LogP contribution in [0.3, 0.4) is 0 Å². The van der Waals surface area contributed by atoms with Crippen molar-refractivity contribution in [2.45, 2.75) is 12.3 Å². The van der Waals surface area contributed by atoms with Crippen molar-refractivity contribution < 1.29 is 4.79 Å². The van der Waals surface area contributed by atoms with Crippen LogP contribution < -0.4 is 4.90 Å². The Labute approximate surface area is 88.5 Å². The summed E-state index contributed by atoms with van der Waals surface area (Å²) in [4.78, 5) is 13.5. The number of benzene rings is 1. The van der Waals surface area contributed by atoms with Crippen molar-refractivity contribution in [2.24, 2.45) is 5.92 Å². The Kier molecular flexibility index (Phi) is 2.46. The van der Waals surface area contributed by atoms with E-state index in [1.807, 2.05) is 37.3 Å². The van der Waals surface area contributed by atoms with Crippen LogP contribution in [0.25, 0.3) is 0 Å². The largest absolute Gasteiger partial charge is 0.311 e. The lowest BCUT2D eigenvalue weighted by Gasteiger charge is -2.15. The molecule has 0 saturated carbocycles. The maximum absolute atomic E-state index is 11.7. The number of rotatable bonds is 1. The molecule has 14 heavy (non-hydrogen) atoms. The van der Waals surface area contributed by atoms with Gasteiger partial charge in [0, 0.05) is 12.2 Å². The van der Waals surface area contributed by atoms with Gasteiger partial charge in [-0.15, -0.1) is 11.6 Å². The van der Waals surface area contributed by atoms with Gasteiger partial charge in [-0.25, -0.2) is 0 Å². The van der Waals surface area contributed by atoms with E-state index in [0.717, 1.165) is 12.2 Å². The second-order valence-electron chi connectivity index (χ2n) is 3.66. The Morgan fingerprint density at radius 3 is 2.50 bits per heavy atom. The molecule has 2 rings (SSSR count). The summed E-state index contributed by atoms with van der Waals surface area (Å²) in [5.41, 5.74) is 0.938. The van der Waals surface area contributed by atoms with Gasteiger partial charge in [-0.2, -0.15) is 0 Å². The summed E-state index contributed by atoms with van der Waals surface area (Å²) in [6.07, 6.45) is 0. The van der Waals surface area contributed by atoms with E-state index in [1.54, 1.807) is 4.90 Å². The smallest absolute Gasteiger partial charge is 0.245 e. The molecule has 0 bridgehead atoms. The fourth-order valence-electron chi connectivity index (χ4n) is 1.70. The normalized spacial score (nSPS) is 27.0. The summed E-state index contributed by atoms with van der Waals surface area (Å²) in [7, 11) is 0. The zero-order valence-electron chi connectivity index (χ0n) is 7.98. The minimum absolute atomic E-state index is 0.0189. The van der Waals surface area contributed by atoms with E-state index < -0.39 is 0 Å². The van der Waals surface area contributed by atoms with Crippen molar-refractivity contribution >= 4 is 23.2 Å². The van der Waals surface area contributed by atoms with Gasteiger partial charge in [-0.1, -0.05) is 25.1 Å². The maximum Gasteiger partial charge on any atom is 0.245 e. The first-order chi connectivity index (χ1) is 6.70. The number of carbonyl (C=O) groups excluding carboxylic acids is 1. The molecule has 74 valence electrons. The minimum Gasteiger partial charge on any atom is -0.311 e. The predicted molar refractivity (Wildman–Crippen MR) is 57.6 cm³/mol. The number of nitrogens with zero attached hydrogens (tertiary/aromatic N) is 1. The SMILES string of the molecule is C[C@H]1CN(c2ccccc2)C(=O)[C@@H]1Cl. The lowest BCUT2D eigenvalue weighted by atomic mass is 10.1. The minimum atomic E-state index is -0.366. The van der Waals surface area contributed by atoms with Gasteiger partial charge < -0.3 is 4.90 Å². The molecule has 3 heteroatoms. The van der Waals surface area contributed by atoms with Crippen LogP contribution in [0.4, 0.5) is 5.69 Å². The number of amides is 1. The van der Waals surface area contributed by atoms with Crippen LogP contribution in [0.2, 0.25) is 0 Å². The van der Waals surface area contributed by atoms with Gasteiger partial charge in [-0.3, -0.25) is 4.79 Å². The number of alkyl halides is 1. The van der Waals surface area contributed by atoms with Crippen LogP contribution in [0.1, 0.15) is 6.92 Å². The van der Waals surface area contributed by atoms with Crippen LogP contribution in [-0.4, -0.2) is 17.8 Å². The zero-order chi connectivity index (χ0) is 10.1. The van der Waals surface area contributed by atoms with Gasteiger partial charge in [-0.05, 0) is 18.1 Å². The number of hydrogen-bond donors (Lipinski definition) is 0. The predicted octanol–water partition coefficient (Wildman–Crippen LogP) is 2.28. The van der Waals surface area contributed by atoms with Crippen LogP contribution in [0.15, 0.2) is 30.3 Å². The van der Waals surface area contributed by atoms with Crippen molar-refractivity contribution in [1.82, 2.24) is 0 Å². The first-order valence-electron chi connectivity index (χ1n) is 4.70. The van der Waals surface area contributed by atoms with Gasteiger partial charge in [0.15, 0.2) is 0 Å². The van der Waals surface area contributed by atoms with Crippen molar-refractivity contribution in [1.29, 1.82) is 0 Å². The Bertz CT molecular complexity index is 338.